The van der Waals surface area contributed by atoms with Crippen LogP contribution in [0.4, 0.5) is 0 Å². The number of fused-ring (bicyclic) bond motifs is 3. The molecule has 0 saturated carbocycles. The Kier molecular flexibility index (Phi) is 9.21. The zero-order valence-electron chi connectivity index (χ0n) is 20.9. The minimum atomic E-state index is -0.833. The Morgan fingerprint density at radius 2 is 1.36 bits per heavy atom. The van der Waals surface area contributed by atoms with Gasteiger partial charge < -0.3 is 5.11 Å². The van der Waals surface area contributed by atoms with Gasteiger partial charge in [0.15, 0.2) is 0 Å². The van der Waals surface area contributed by atoms with Gasteiger partial charge in [-0.15, -0.1) is 0 Å². The minimum Gasteiger partial charge on any atom is -0.478 e. The number of benzene rings is 2. The average Bonchev–Trinajstić information content (AvgIpc) is 3.07. The topological polar surface area (TPSA) is 37.3 Å². The summed E-state index contributed by atoms with van der Waals surface area (Å²) in [4.78, 5) is 12.0. The summed E-state index contributed by atoms with van der Waals surface area (Å²) in [6, 6.07) is 12.5. The first-order chi connectivity index (χ1) is 15.9. The first-order valence-electron chi connectivity index (χ1n) is 13.1. The fraction of sp³-hybridized carbons (Fsp3) is 0.567. The zero-order chi connectivity index (χ0) is 24.0. The molecule has 0 fully saturated rings. The lowest BCUT2D eigenvalue weighted by atomic mass is 9.65. The molecular formula is C30H41BrO2. The van der Waals surface area contributed by atoms with Gasteiger partial charge in [-0.3, -0.25) is 0 Å². The summed E-state index contributed by atoms with van der Waals surface area (Å²) >= 11 is 3.76. The van der Waals surface area contributed by atoms with E-state index < -0.39 is 5.97 Å². The van der Waals surface area contributed by atoms with E-state index in [9.17, 15) is 9.90 Å². The molecule has 180 valence electrons. The molecule has 2 nitrogen and oxygen atoms in total. The van der Waals surface area contributed by atoms with Crippen molar-refractivity contribution in [1.29, 1.82) is 0 Å². The molecule has 3 heteroatoms. The molecule has 2 atom stereocenters. The number of halogens is 1. The molecule has 0 aliphatic heterocycles. The van der Waals surface area contributed by atoms with E-state index in [0.717, 1.165) is 17.3 Å². The first-order valence-corrected chi connectivity index (χ1v) is 13.9. The van der Waals surface area contributed by atoms with Crippen LogP contribution in [-0.2, 0) is 5.41 Å². The number of carbonyl (C=O) groups is 1. The van der Waals surface area contributed by atoms with Crippen molar-refractivity contribution >= 4 is 21.9 Å². The Morgan fingerprint density at radius 3 is 1.85 bits per heavy atom. The number of carboxylic acid groups (broad SMARTS) is 1. The van der Waals surface area contributed by atoms with Crippen molar-refractivity contribution in [2.45, 2.75) is 97.3 Å². The standard InChI is InChI=1S/C30H41BrO2/c1-5-9-11-21(7-3)19-30(20-22(8-4)12-10-6-2)27-17-23(29(32)33)13-15-25(27)26-16-14-24(31)18-28(26)30/h13-18,21-22H,5-12,19-20H2,1-4H3,(H,32,33). The number of rotatable bonds is 13. The zero-order valence-corrected chi connectivity index (χ0v) is 22.5. The molecule has 0 saturated heterocycles. The van der Waals surface area contributed by atoms with Crippen LogP contribution in [0.1, 0.15) is 113 Å². The van der Waals surface area contributed by atoms with E-state index in [1.165, 1.54) is 73.6 Å². The van der Waals surface area contributed by atoms with E-state index >= 15 is 0 Å². The minimum absolute atomic E-state index is 0.122. The van der Waals surface area contributed by atoms with Crippen LogP contribution in [0.15, 0.2) is 40.9 Å². The maximum absolute atomic E-state index is 12.0. The van der Waals surface area contributed by atoms with Crippen LogP contribution in [0.5, 0.6) is 0 Å². The maximum Gasteiger partial charge on any atom is 0.335 e. The van der Waals surface area contributed by atoms with Crippen molar-refractivity contribution in [3.8, 4) is 11.1 Å². The fourth-order valence-electron chi connectivity index (χ4n) is 6.00. The van der Waals surface area contributed by atoms with Crippen LogP contribution in [0.2, 0.25) is 0 Å². The molecule has 0 bridgehead atoms. The normalized spacial score (nSPS) is 18.6. The second kappa shape index (κ2) is 11.7. The van der Waals surface area contributed by atoms with E-state index in [0.29, 0.717) is 17.4 Å². The molecule has 2 aromatic rings. The van der Waals surface area contributed by atoms with Gasteiger partial charge in [0.1, 0.15) is 0 Å². The predicted octanol–water partition coefficient (Wildman–Crippen LogP) is 9.63. The van der Waals surface area contributed by atoms with Crippen LogP contribution in [0, 0.1) is 11.8 Å². The summed E-state index contributed by atoms with van der Waals surface area (Å²) in [6.45, 7) is 9.20. The Labute approximate surface area is 209 Å². The van der Waals surface area contributed by atoms with Gasteiger partial charge in [-0.1, -0.05) is 107 Å². The summed E-state index contributed by atoms with van der Waals surface area (Å²) in [6.07, 6.45) is 12.0. The monoisotopic (exact) mass is 512 g/mol. The number of aromatic carboxylic acids is 1. The summed E-state index contributed by atoms with van der Waals surface area (Å²) in [5.74, 6) is 0.444. The molecule has 1 N–H and O–H groups in total. The van der Waals surface area contributed by atoms with Gasteiger partial charge in [0.25, 0.3) is 0 Å². The number of hydrogen-bond donors (Lipinski definition) is 1. The van der Waals surface area contributed by atoms with E-state index in [1.54, 1.807) is 6.07 Å². The van der Waals surface area contributed by atoms with Gasteiger partial charge in [-0.2, -0.15) is 0 Å². The summed E-state index contributed by atoms with van der Waals surface area (Å²) < 4.78 is 1.11. The highest BCUT2D eigenvalue weighted by Crippen LogP contribution is 2.56. The Morgan fingerprint density at radius 1 is 0.848 bits per heavy atom. The van der Waals surface area contributed by atoms with Crippen molar-refractivity contribution in [3.05, 3.63) is 57.6 Å². The third kappa shape index (κ3) is 5.56. The lowest BCUT2D eigenvalue weighted by Crippen LogP contribution is -2.31. The van der Waals surface area contributed by atoms with Gasteiger partial charge >= 0.3 is 5.97 Å². The van der Waals surface area contributed by atoms with E-state index in [4.69, 9.17) is 0 Å². The van der Waals surface area contributed by atoms with Crippen LogP contribution in [-0.4, -0.2) is 11.1 Å². The quantitative estimate of drug-likeness (QED) is 0.289. The lowest BCUT2D eigenvalue weighted by Gasteiger charge is -2.38. The average molecular weight is 514 g/mol. The largest absolute Gasteiger partial charge is 0.478 e. The van der Waals surface area contributed by atoms with E-state index in [1.807, 2.05) is 6.07 Å². The van der Waals surface area contributed by atoms with Crippen molar-refractivity contribution in [1.82, 2.24) is 0 Å². The molecule has 33 heavy (non-hydrogen) atoms. The second-order valence-corrected chi connectivity index (χ2v) is 11.0. The van der Waals surface area contributed by atoms with Crippen LogP contribution in [0.3, 0.4) is 0 Å². The molecule has 2 aromatic carbocycles. The molecule has 0 heterocycles. The van der Waals surface area contributed by atoms with Crippen molar-refractivity contribution in [2.24, 2.45) is 11.8 Å². The van der Waals surface area contributed by atoms with Gasteiger partial charge in [0.05, 0.1) is 5.56 Å². The van der Waals surface area contributed by atoms with Crippen molar-refractivity contribution < 1.29 is 9.90 Å². The number of unbranched alkanes of at least 4 members (excludes halogenated alkanes) is 2. The van der Waals surface area contributed by atoms with Crippen LogP contribution < -0.4 is 0 Å². The summed E-state index contributed by atoms with van der Waals surface area (Å²) in [5, 5.41) is 9.83. The van der Waals surface area contributed by atoms with E-state index in [-0.39, 0.29) is 5.41 Å². The third-order valence-electron chi connectivity index (χ3n) is 7.93. The molecular weight excluding hydrogens is 472 g/mol. The molecule has 1 aliphatic rings. The van der Waals surface area contributed by atoms with Crippen LogP contribution >= 0.6 is 15.9 Å². The molecule has 1 aliphatic carbocycles. The Hall–Kier alpha value is -1.61. The lowest BCUT2D eigenvalue weighted by molar-refractivity contribution is 0.0696. The SMILES string of the molecule is CCCCC(CC)CC1(CC(CC)CCCC)c2cc(Br)ccc2-c2ccc(C(=O)O)cc21. The number of hydrogen-bond acceptors (Lipinski definition) is 1. The second-order valence-electron chi connectivity index (χ2n) is 10.1. The molecule has 0 aromatic heterocycles. The van der Waals surface area contributed by atoms with Crippen molar-refractivity contribution in [3.63, 3.8) is 0 Å². The molecule has 3 rings (SSSR count). The van der Waals surface area contributed by atoms with Crippen LogP contribution in [0.25, 0.3) is 11.1 Å². The first kappa shape index (κ1) is 26.0. The van der Waals surface area contributed by atoms with E-state index in [2.05, 4.69) is 67.9 Å². The van der Waals surface area contributed by atoms with Gasteiger partial charge in [0.2, 0.25) is 0 Å². The highest BCUT2D eigenvalue weighted by atomic mass is 79.9. The smallest absolute Gasteiger partial charge is 0.335 e. The van der Waals surface area contributed by atoms with Gasteiger partial charge in [-0.05, 0) is 71.2 Å². The summed E-state index contributed by atoms with van der Waals surface area (Å²) in [5.41, 5.74) is 5.47. The van der Waals surface area contributed by atoms with Crippen molar-refractivity contribution in [2.75, 3.05) is 0 Å². The maximum atomic E-state index is 12.0. The Balaban J connectivity index is 2.21. The van der Waals surface area contributed by atoms with Gasteiger partial charge in [-0.25, -0.2) is 4.79 Å². The Bertz CT molecular complexity index is 930. The highest BCUT2D eigenvalue weighted by molar-refractivity contribution is 9.10. The predicted molar refractivity (Wildman–Crippen MR) is 143 cm³/mol. The highest BCUT2D eigenvalue weighted by Gasteiger charge is 2.45. The van der Waals surface area contributed by atoms with Gasteiger partial charge in [0, 0.05) is 9.89 Å². The third-order valence-corrected chi connectivity index (χ3v) is 8.42. The fourth-order valence-corrected chi connectivity index (χ4v) is 6.36. The summed E-state index contributed by atoms with van der Waals surface area (Å²) in [7, 11) is 0. The molecule has 0 spiro atoms. The molecule has 2 unspecified atom stereocenters. The molecule has 0 amide bonds. The number of carboxylic acids is 1. The molecule has 0 radical (unpaired) electrons.